The van der Waals surface area contributed by atoms with Crippen molar-refractivity contribution >= 4 is 11.9 Å². The van der Waals surface area contributed by atoms with Crippen molar-refractivity contribution in [2.75, 3.05) is 0 Å². The molecule has 0 aromatic heterocycles. The van der Waals surface area contributed by atoms with E-state index in [9.17, 15) is 9.59 Å². The van der Waals surface area contributed by atoms with Gasteiger partial charge in [-0.1, -0.05) is 26.7 Å². The molecule has 5 nitrogen and oxygen atoms in total. The Bertz CT molecular complexity index is 318. The highest BCUT2D eigenvalue weighted by atomic mass is 16.4. The second-order valence-electron chi connectivity index (χ2n) is 5.85. The summed E-state index contributed by atoms with van der Waals surface area (Å²) in [6.07, 6.45) is 4.64. The number of carbonyl (C=O) groups excluding carboxylic acids is 1. The van der Waals surface area contributed by atoms with E-state index < -0.39 is 12.0 Å². The number of hydrogen-bond acceptors (Lipinski definition) is 3. The Morgan fingerprint density at radius 2 is 1.95 bits per heavy atom. The van der Waals surface area contributed by atoms with E-state index in [0.717, 1.165) is 19.3 Å². The summed E-state index contributed by atoms with van der Waals surface area (Å²) in [6, 6.07) is -0.525. The Kier molecular flexibility index (Phi) is 6.28. The molecule has 1 amide bonds. The molecule has 0 radical (unpaired) electrons. The van der Waals surface area contributed by atoms with Crippen LogP contribution in [0, 0.1) is 11.8 Å². The van der Waals surface area contributed by atoms with Crippen LogP contribution in [0.3, 0.4) is 0 Å². The Labute approximate surface area is 114 Å². The molecule has 110 valence electrons. The summed E-state index contributed by atoms with van der Waals surface area (Å²) >= 11 is 0. The van der Waals surface area contributed by atoms with Crippen LogP contribution in [-0.2, 0) is 9.59 Å². The van der Waals surface area contributed by atoms with E-state index in [-0.39, 0.29) is 24.8 Å². The number of rotatable bonds is 6. The maximum Gasteiger partial charge on any atom is 0.303 e. The molecule has 0 bridgehead atoms. The van der Waals surface area contributed by atoms with Crippen LogP contribution in [0.5, 0.6) is 0 Å². The molecule has 4 N–H and O–H groups in total. The van der Waals surface area contributed by atoms with Gasteiger partial charge in [-0.05, 0) is 31.1 Å². The maximum atomic E-state index is 12.0. The summed E-state index contributed by atoms with van der Waals surface area (Å²) in [7, 11) is 0. The van der Waals surface area contributed by atoms with Gasteiger partial charge in [-0.3, -0.25) is 9.59 Å². The predicted octanol–water partition coefficient (Wildman–Crippen LogP) is 1.51. The lowest BCUT2D eigenvalue weighted by atomic mass is 9.77. The molecule has 0 aliphatic heterocycles. The average molecular weight is 270 g/mol. The normalized spacial score (nSPS) is 25.1. The topological polar surface area (TPSA) is 92.4 Å². The van der Waals surface area contributed by atoms with Crippen molar-refractivity contribution in [2.45, 2.75) is 64.5 Å². The van der Waals surface area contributed by atoms with Crippen molar-refractivity contribution in [3.63, 3.8) is 0 Å². The lowest BCUT2D eigenvalue weighted by Crippen LogP contribution is -2.50. The third-order valence-electron chi connectivity index (χ3n) is 4.01. The van der Waals surface area contributed by atoms with Gasteiger partial charge in [-0.25, -0.2) is 0 Å². The molecule has 0 aromatic carbocycles. The number of nitrogens with one attached hydrogen (secondary N) is 1. The summed E-state index contributed by atoms with van der Waals surface area (Å²) in [6.45, 7) is 4.36. The van der Waals surface area contributed by atoms with Gasteiger partial charge in [0.15, 0.2) is 0 Å². The van der Waals surface area contributed by atoms with E-state index in [4.69, 9.17) is 10.8 Å². The van der Waals surface area contributed by atoms with E-state index in [2.05, 4.69) is 19.2 Å². The zero-order valence-electron chi connectivity index (χ0n) is 11.9. The van der Waals surface area contributed by atoms with Crippen molar-refractivity contribution in [2.24, 2.45) is 17.6 Å². The first-order valence-corrected chi connectivity index (χ1v) is 7.19. The van der Waals surface area contributed by atoms with Crippen LogP contribution < -0.4 is 11.1 Å². The van der Waals surface area contributed by atoms with E-state index in [1.54, 1.807) is 0 Å². The quantitative estimate of drug-likeness (QED) is 0.682. The number of amides is 1. The van der Waals surface area contributed by atoms with Gasteiger partial charge in [0.2, 0.25) is 5.91 Å². The molecule has 0 saturated heterocycles. The molecule has 5 heteroatoms. The first-order valence-electron chi connectivity index (χ1n) is 7.19. The summed E-state index contributed by atoms with van der Waals surface area (Å²) in [5.41, 5.74) is 5.73. The molecule has 3 unspecified atom stereocenters. The molecule has 0 spiro atoms. The van der Waals surface area contributed by atoms with E-state index in [1.807, 2.05) is 0 Å². The molecular formula is C14H26N2O3. The number of hydrogen-bond donors (Lipinski definition) is 3. The van der Waals surface area contributed by atoms with Gasteiger partial charge in [-0.2, -0.15) is 0 Å². The first-order chi connectivity index (χ1) is 8.91. The predicted molar refractivity (Wildman–Crippen MR) is 73.6 cm³/mol. The largest absolute Gasteiger partial charge is 0.481 e. The first kappa shape index (κ1) is 16.0. The van der Waals surface area contributed by atoms with Gasteiger partial charge in [-0.15, -0.1) is 0 Å². The minimum absolute atomic E-state index is 0.0626. The summed E-state index contributed by atoms with van der Waals surface area (Å²) in [5, 5.41) is 11.6. The molecule has 1 aliphatic rings. The summed E-state index contributed by atoms with van der Waals surface area (Å²) < 4.78 is 0. The van der Waals surface area contributed by atoms with Gasteiger partial charge < -0.3 is 16.2 Å². The molecule has 1 aliphatic carbocycles. The van der Waals surface area contributed by atoms with Crippen molar-refractivity contribution in [3.8, 4) is 0 Å². The zero-order valence-corrected chi connectivity index (χ0v) is 11.9. The molecule has 19 heavy (non-hydrogen) atoms. The van der Waals surface area contributed by atoms with Crippen molar-refractivity contribution < 1.29 is 14.7 Å². The van der Waals surface area contributed by atoms with E-state index >= 15 is 0 Å². The van der Waals surface area contributed by atoms with Gasteiger partial charge >= 0.3 is 5.97 Å². The Morgan fingerprint density at radius 3 is 2.53 bits per heavy atom. The van der Waals surface area contributed by atoms with E-state index in [0.29, 0.717) is 11.8 Å². The molecule has 1 saturated carbocycles. The third kappa shape index (κ3) is 5.19. The minimum Gasteiger partial charge on any atom is -0.481 e. The zero-order chi connectivity index (χ0) is 14.4. The van der Waals surface area contributed by atoms with Crippen LogP contribution in [0.4, 0.5) is 0 Å². The van der Waals surface area contributed by atoms with Gasteiger partial charge in [0.1, 0.15) is 0 Å². The number of nitrogens with two attached hydrogens (primary N) is 1. The number of carbonyl (C=O) groups is 2. The highest BCUT2D eigenvalue weighted by Gasteiger charge is 2.29. The van der Waals surface area contributed by atoms with Crippen LogP contribution in [0.25, 0.3) is 0 Å². The lowest BCUT2D eigenvalue weighted by molar-refractivity contribution is -0.137. The number of aliphatic carboxylic acids is 1. The lowest BCUT2D eigenvalue weighted by Gasteiger charge is -2.35. The van der Waals surface area contributed by atoms with Gasteiger partial charge in [0.25, 0.3) is 0 Å². The Hall–Kier alpha value is -1.10. The smallest absolute Gasteiger partial charge is 0.303 e. The Morgan fingerprint density at radius 1 is 1.32 bits per heavy atom. The summed E-state index contributed by atoms with van der Waals surface area (Å²) in [4.78, 5) is 22.4. The number of carboxylic acids is 1. The standard InChI is InChI=1S/C14H26N2O3/c1-9(2)10-5-3-4-6-12(10)16-14(19)11(15)7-8-13(17)18/h9-12H,3-8,15H2,1-2H3,(H,16,19)(H,17,18). The van der Waals surface area contributed by atoms with Crippen LogP contribution in [0.15, 0.2) is 0 Å². The van der Waals surface area contributed by atoms with Gasteiger partial charge in [0.05, 0.1) is 6.04 Å². The van der Waals surface area contributed by atoms with Crippen molar-refractivity contribution in [1.29, 1.82) is 0 Å². The molecule has 1 rings (SSSR count). The molecule has 1 fully saturated rings. The van der Waals surface area contributed by atoms with Crippen LogP contribution in [-0.4, -0.2) is 29.1 Å². The van der Waals surface area contributed by atoms with Crippen LogP contribution in [0.1, 0.15) is 52.4 Å². The fraction of sp³-hybridized carbons (Fsp3) is 0.857. The molecule has 3 atom stereocenters. The fourth-order valence-corrected chi connectivity index (χ4v) is 2.84. The highest BCUT2D eigenvalue weighted by Crippen LogP contribution is 2.30. The highest BCUT2D eigenvalue weighted by molar-refractivity contribution is 5.82. The monoisotopic (exact) mass is 270 g/mol. The van der Waals surface area contributed by atoms with Gasteiger partial charge in [0, 0.05) is 12.5 Å². The number of carboxylic acid groups (broad SMARTS) is 1. The Balaban J connectivity index is 2.47. The fourth-order valence-electron chi connectivity index (χ4n) is 2.84. The summed E-state index contributed by atoms with van der Waals surface area (Å²) in [5.74, 6) is -0.0787. The van der Waals surface area contributed by atoms with Crippen LogP contribution >= 0.6 is 0 Å². The third-order valence-corrected chi connectivity index (χ3v) is 4.01. The molecular weight excluding hydrogens is 244 g/mol. The second kappa shape index (κ2) is 7.48. The van der Waals surface area contributed by atoms with E-state index in [1.165, 1.54) is 6.42 Å². The van der Waals surface area contributed by atoms with Crippen LogP contribution in [0.2, 0.25) is 0 Å². The maximum absolute atomic E-state index is 12.0. The minimum atomic E-state index is -0.916. The van der Waals surface area contributed by atoms with Crippen molar-refractivity contribution in [1.82, 2.24) is 5.32 Å². The molecule has 0 aromatic rings. The average Bonchev–Trinajstić information content (AvgIpc) is 2.36. The second-order valence-corrected chi connectivity index (χ2v) is 5.85. The molecule has 0 heterocycles. The SMILES string of the molecule is CC(C)C1CCCCC1NC(=O)C(N)CCC(=O)O. The van der Waals surface area contributed by atoms with Crippen molar-refractivity contribution in [3.05, 3.63) is 0 Å².